The van der Waals surface area contributed by atoms with Crippen LogP contribution in [0.2, 0.25) is 0 Å². The molecule has 17 heteroatoms. The zero-order chi connectivity index (χ0) is 91.7. The second-order valence-electron chi connectivity index (χ2n) is 35.7. The molecule has 0 N–H and O–H groups in total. The molecule has 18 aromatic rings. The van der Waals surface area contributed by atoms with E-state index in [-0.39, 0.29) is 78.2 Å². The number of imidazole rings is 6. The third-order valence-corrected chi connectivity index (χ3v) is 27.0. The number of benzene rings is 12. The molecule has 0 saturated carbocycles. The summed E-state index contributed by atoms with van der Waals surface area (Å²) in [6.07, 6.45) is 27.0. The van der Waals surface area contributed by atoms with E-state index in [0.29, 0.717) is 35.5 Å². The first-order chi connectivity index (χ1) is 63.4. The van der Waals surface area contributed by atoms with Crippen LogP contribution >= 0.6 is 11.8 Å². The largest absolute Gasteiger partial charge is 2.00 e. The molecule has 6 aromatic heterocycles. The Kier molecular flexibility index (Phi) is 34.0. The minimum absolute atomic E-state index is 0. The van der Waals surface area contributed by atoms with Crippen LogP contribution in [0.4, 0.5) is 0 Å². The molecule has 0 fully saturated rings. The smallest absolute Gasteiger partial charge is 2.00 e. The Morgan fingerprint density at radius 2 is 0.493 bits per heavy atom. The Hall–Kier alpha value is -11.2. The third-order valence-electron chi connectivity index (χ3n) is 24.2. The van der Waals surface area contributed by atoms with Crippen LogP contribution in [0.25, 0.3) is 102 Å². The summed E-state index contributed by atoms with van der Waals surface area (Å²) in [6, 6.07) is 98.8. The summed E-state index contributed by atoms with van der Waals surface area (Å²) < 4.78 is 15.3. The van der Waals surface area contributed by atoms with E-state index in [2.05, 4.69) is 444 Å². The van der Waals surface area contributed by atoms with Gasteiger partial charge in [-0.1, -0.05) is 152 Å². The van der Waals surface area contributed by atoms with Gasteiger partial charge in [-0.05, 0) is 126 Å². The maximum Gasteiger partial charge on any atom is 2.00 e. The predicted molar refractivity (Wildman–Crippen MR) is 541 cm³/mol. The van der Waals surface area contributed by atoms with Gasteiger partial charge in [0.2, 0.25) is 0 Å². The van der Waals surface area contributed by atoms with Crippen LogP contribution in [0.5, 0.6) is 0 Å². The summed E-state index contributed by atoms with van der Waals surface area (Å²) in [4.78, 5) is 30.7. The van der Waals surface area contributed by atoms with Crippen molar-refractivity contribution in [2.24, 2.45) is 0 Å². The maximum absolute atomic E-state index is 4.83. The first-order valence-corrected chi connectivity index (χ1v) is 48.3. The molecule has 0 bridgehead atoms. The second kappa shape index (κ2) is 45.5. The van der Waals surface area contributed by atoms with E-state index in [0.717, 1.165) is 112 Å². The average Bonchev–Trinajstić information content (AvgIpc) is 1.52. The Morgan fingerprint density at radius 1 is 0.261 bits per heavy atom. The van der Waals surface area contributed by atoms with Gasteiger partial charge in [0.15, 0.2) is 0 Å². The number of nitrogens with zero attached hydrogens (tertiary/aromatic N) is 12. The molecule has 0 radical (unpaired) electrons. The molecule has 18 rings (SSSR count). The van der Waals surface area contributed by atoms with Crippen LogP contribution in [0.1, 0.15) is 210 Å². The van der Waals surface area contributed by atoms with Gasteiger partial charge in [-0.15, -0.1) is 142 Å². The number of para-hydroxylation sites is 6. The molecular weight excluding hydrogens is 2270 g/mol. The second-order valence-corrected chi connectivity index (χ2v) is 39.0. The topological polar surface area (TPSA) is 107 Å². The van der Waals surface area contributed by atoms with Gasteiger partial charge >= 0.3 is 326 Å². The zero-order valence-electron chi connectivity index (χ0n) is 79.4. The van der Waals surface area contributed by atoms with Gasteiger partial charge in [0, 0.05) is 22.8 Å². The summed E-state index contributed by atoms with van der Waals surface area (Å²) in [5.74, 6) is 2.51. The molecule has 0 unspecified atom stereocenters. The van der Waals surface area contributed by atoms with E-state index < -0.39 is 0 Å². The van der Waals surface area contributed by atoms with Gasteiger partial charge in [0.05, 0.1) is 48.1 Å². The van der Waals surface area contributed by atoms with Gasteiger partial charge in [0.25, 0.3) is 0 Å². The van der Waals surface area contributed by atoms with Crippen LogP contribution in [-0.4, -0.2) is 72.3 Å². The van der Waals surface area contributed by atoms with E-state index in [1.807, 2.05) is 38.0 Å². The number of rotatable bonds is 26. The summed E-state index contributed by atoms with van der Waals surface area (Å²) in [5, 5.41) is 0. The Bertz CT molecular complexity index is 6630. The van der Waals surface area contributed by atoms with Crippen LogP contribution in [0, 0.1) is 64.1 Å². The maximum atomic E-state index is 4.83. The van der Waals surface area contributed by atoms with Crippen molar-refractivity contribution in [3.05, 3.63) is 408 Å². The van der Waals surface area contributed by atoms with Crippen molar-refractivity contribution in [2.75, 3.05) is 0 Å². The van der Waals surface area contributed by atoms with Gasteiger partial charge in [0.1, 0.15) is 0 Å². The molecule has 0 aliphatic heterocycles. The SMILES string of the molecule is CCc1cccc(CC)c1-n1cnc(-c2[c-]c(Cc3[c-]c(-c4cn(-c5c(C(C)C)cccc5C(C)C)cn4)ccc3)ccc2)c1.Cc1cccc(C)c1-n1cnc(-c2[c-]c(Sc3[c-]c(-c4cn(-c5c(C(C)C)cccc5C(C)C)cn4)ccc3)ccc2)c1.Cc1cccc(C)c1-n1cnc(-c2[c-]c([Se]c3[c-]c(-c4cn(-c5c(C(C)C)cccc5C(C)C)cn4)ccc3)ccc2)c1.[Pt+2].[Pt+2].[Pt+2]. The fourth-order valence-corrected chi connectivity index (χ4v) is 20.2. The van der Waals surface area contributed by atoms with Crippen molar-refractivity contribution < 1.29 is 63.2 Å². The first-order valence-electron chi connectivity index (χ1n) is 45.8. The quantitative estimate of drug-likeness (QED) is 0.0393. The minimum atomic E-state index is 0. The van der Waals surface area contributed by atoms with Crippen LogP contribution in [0.3, 0.4) is 0 Å². The van der Waals surface area contributed by atoms with Crippen molar-refractivity contribution in [1.82, 2.24) is 57.3 Å². The molecule has 0 aliphatic carbocycles. The van der Waals surface area contributed by atoms with Crippen LogP contribution < -0.4 is 8.92 Å². The first kappa shape index (κ1) is 100. The molecule has 0 amide bonds. The Labute approximate surface area is 847 Å². The van der Waals surface area contributed by atoms with Crippen molar-refractivity contribution in [3.63, 3.8) is 0 Å². The number of aryl methyl sites for hydroxylation is 6. The number of hydrogen-bond donors (Lipinski definition) is 0. The van der Waals surface area contributed by atoms with Gasteiger partial charge in [-0.25, -0.2) is 0 Å². The average molecular weight is 2380 g/mol. The van der Waals surface area contributed by atoms with E-state index >= 15 is 0 Å². The van der Waals surface area contributed by atoms with Gasteiger partial charge in [-0.2, -0.15) is 0 Å². The Balaban J connectivity index is 0.000000169. The summed E-state index contributed by atoms with van der Waals surface area (Å²) in [6.45, 7) is 40.0. The molecule has 684 valence electrons. The fourth-order valence-electron chi connectivity index (χ4n) is 17.5. The van der Waals surface area contributed by atoms with Gasteiger partial charge < -0.3 is 18.3 Å². The summed E-state index contributed by atoms with van der Waals surface area (Å²) in [5.41, 5.74) is 36.6. The predicted octanol–water partition coefficient (Wildman–Crippen LogP) is 27.5. The number of aromatic nitrogens is 12. The van der Waals surface area contributed by atoms with Crippen molar-refractivity contribution in [3.8, 4) is 102 Å². The Morgan fingerprint density at radius 3 is 0.776 bits per heavy atom. The molecule has 0 saturated heterocycles. The van der Waals surface area contributed by atoms with Gasteiger partial charge in [-0.3, -0.25) is 19.9 Å². The molecule has 12 aromatic carbocycles. The molecule has 6 heterocycles. The molecule has 134 heavy (non-hydrogen) atoms. The van der Waals surface area contributed by atoms with E-state index in [4.69, 9.17) is 29.9 Å². The van der Waals surface area contributed by atoms with Crippen molar-refractivity contribution in [2.45, 2.75) is 189 Å². The molecule has 12 nitrogen and oxygen atoms in total. The van der Waals surface area contributed by atoms with E-state index in [9.17, 15) is 0 Å². The van der Waals surface area contributed by atoms with Crippen molar-refractivity contribution in [1.29, 1.82) is 0 Å². The monoisotopic (exact) mass is 2380 g/mol. The normalized spacial score (nSPS) is 11.3. The molecule has 0 atom stereocenters. The standard InChI is InChI=1S/C41H42N4.C38H36N4S.C38H36N4Se.3Pt/c1-7-32-15-11-16-33(8-2)40(32)44-24-38(42-26-44)34-17-9-13-30(22-34)21-31-14-10-18-35(23-31)39-25-45(27-43-39)41-36(28(3)4)19-12-20-37(41)29(5)6;2*1-25(2)33-17-10-18-34(26(3)4)38(33)42-22-36(40-24-42)30-14-9-16-32(20-30)43-31-15-8-13-29(19-31)35-21-41(23-39-35)37-27(5)11-7-12-28(37)6;;;/h9-20,24-29H,7-8,21H2,1-6H3;2*7-18,21-26H,1-6H3;;;/q3*-2;3*+2. The molecular formula is C117H114N12Pt3SSe. The number of hydrogen-bond acceptors (Lipinski definition) is 7. The van der Waals surface area contributed by atoms with E-state index in [1.54, 1.807) is 11.8 Å². The zero-order valence-corrected chi connectivity index (χ0v) is 88.8. The summed E-state index contributed by atoms with van der Waals surface area (Å²) >= 11 is 1.69. The minimum Gasteiger partial charge on any atom is 2.00 e. The third kappa shape index (κ3) is 23.0. The fraction of sp³-hybridized carbons (Fsp3) is 0.231. The van der Waals surface area contributed by atoms with E-state index in [1.165, 1.54) is 105 Å². The van der Waals surface area contributed by atoms with Crippen LogP contribution in [-0.2, 0) is 82.5 Å². The molecule has 0 spiro atoms. The summed E-state index contributed by atoms with van der Waals surface area (Å²) in [7, 11) is 0. The van der Waals surface area contributed by atoms with Crippen LogP contribution in [0.15, 0.2) is 303 Å². The van der Waals surface area contributed by atoms with Crippen molar-refractivity contribution >= 4 is 35.6 Å². The molecule has 0 aliphatic rings.